The van der Waals surface area contributed by atoms with E-state index >= 15 is 0 Å². The number of carbonyl (C=O) groups is 2. The second kappa shape index (κ2) is 3.82. The molecule has 0 bridgehead atoms. The van der Waals surface area contributed by atoms with Gasteiger partial charge < -0.3 is 14.0 Å². The molecule has 0 heterocycles. The first-order chi connectivity index (χ1) is 4.20. The molecule has 0 aliphatic rings. The van der Waals surface area contributed by atoms with Crippen molar-refractivity contribution < 1.29 is 23.6 Å². The maximum atomic E-state index is 9.86. The van der Waals surface area contributed by atoms with Crippen LogP contribution < -0.4 is 0 Å². The van der Waals surface area contributed by atoms with Crippen LogP contribution in [0.5, 0.6) is 0 Å². The molecule has 0 spiro atoms. The van der Waals surface area contributed by atoms with Gasteiger partial charge in [-0.25, -0.2) is 9.59 Å². The maximum absolute atomic E-state index is 9.86. The van der Waals surface area contributed by atoms with Gasteiger partial charge in [0, 0.05) is 0 Å². The molecule has 4 radical (unpaired) electrons. The number of hydrogen-bond acceptors (Lipinski definition) is 5. The highest BCUT2D eigenvalue weighted by Crippen LogP contribution is 1.84. The van der Waals surface area contributed by atoms with E-state index in [9.17, 15) is 9.59 Å². The topological polar surface area (TPSA) is 61.8 Å². The Morgan fingerprint density at radius 2 is 1.33 bits per heavy atom. The van der Waals surface area contributed by atoms with E-state index < -0.39 is 12.3 Å². The minimum absolute atomic E-state index is 1.38. The van der Waals surface area contributed by atoms with E-state index in [1.807, 2.05) is 0 Å². The summed E-state index contributed by atoms with van der Waals surface area (Å²) in [7, 11) is 8.50. The van der Waals surface area contributed by atoms with E-state index in [0.29, 0.717) is 0 Å². The van der Waals surface area contributed by atoms with Gasteiger partial charge in [-0.1, -0.05) is 0 Å². The van der Waals surface area contributed by atoms with E-state index in [0.717, 1.165) is 0 Å². The van der Waals surface area contributed by atoms with Gasteiger partial charge in [0.2, 0.25) is 0 Å². The fraction of sp³-hybridized carbons (Fsp3) is 0. The lowest BCUT2D eigenvalue weighted by Gasteiger charge is -1.97. The molecule has 7 heteroatoms. The molecule has 0 rings (SSSR count). The van der Waals surface area contributed by atoms with Crippen LogP contribution in [0.15, 0.2) is 0 Å². The third kappa shape index (κ3) is 3.45. The Morgan fingerprint density at radius 1 is 1.00 bits per heavy atom. The summed E-state index contributed by atoms with van der Waals surface area (Å²) in [6.45, 7) is 0. The summed E-state index contributed by atoms with van der Waals surface area (Å²) in [6.07, 6.45) is -2.77. The van der Waals surface area contributed by atoms with Crippen molar-refractivity contribution in [1.82, 2.24) is 0 Å². The van der Waals surface area contributed by atoms with E-state index in [1.165, 1.54) is 0 Å². The third-order valence-electron chi connectivity index (χ3n) is 0.359. The molecular weight excluding hydrogens is 126 g/mol. The number of carbonyl (C=O) groups excluding carboxylic acids is 2. The molecule has 9 heavy (non-hydrogen) atoms. The fourth-order valence-electron chi connectivity index (χ4n) is 0.116. The van der Waals surface area contributed by atoms with Crippen LogP contribution in [0.25, 0.3) is 0 Å². The smallest absolute Gasteiger partial charge is 0.499 e. The molecule has 0 atom stereocenters. The van der Waals surface area contributed by atoms with Gasteiger partial charge in [0.25, 0.3) is 0 Å². The van der Waals surface area contributed by atoms with E-state index in [1.54, 1.807) is 0 Å². The molecule has 5 nitrogen and oxygen atoms in total. The summed E-state index contributed by atoms with van der Waals surface area (Å²) in [5, 5.41) is 0. The quantitative estimate of drug-likeness (QED) is 0.247. The Morgan fingerprint density at radius 3 is 1.56 bits per heavy atom. The Labute approximate surface area is 53.1 Å². The van der Waals surface area contributed by atoms with Crippen LogP contribution >= 0.6 is 0 Å². The lowest BCUT2D eigenvalue weighted by molar-refractivity contribution is 0.0937. The lowest BCUT2D eigenvalue weighted by Crippen LogP contribution is -2.12. The van der Waals surface area contributed by atoms with Crippen LogP contribution in [0.2, 0.25) is 0 Å². The number of hydrogen-bond donors (Lipinski definition) is 0. The minimum Gasteiger partial charge on any atom is -0.513 e. The second-order valence-corrected chi connectivity index (χ2v) is 0.838. The molecular formula is C2B2O5. The summed E-state index contributed by atoms with van der Waals surface area (Å²) in [5.41, 5.74) is 0. The van der Waals surface area contributed by atoms with Gasteiger partial charge in [0.1, 0.15) is 0 Å². The summed E-state index contributed by atoms with van der Waals surface area (Å²) in [6, 6.07) is 0. The molecule has 0 aromatic carbocycles. The van der Waals surface area contributed by atoms with Crippen molar-refractivity contribution in [3.05, 3.63) is 0 Å². The number of rotatable bonds is 0. The molecule has 0 amide bonds. The minimum atomic E-state index is -1.38. The van der Waals surface area contributed by atoms with Gasteiger partial charge in [0.15, 0.2) is 0 Å². The molecule has 0 aliphatic carbocycles. The normalized spacial score (nSPS) is 7.56. The van der Waals surface area contributed by atoms with Crippen LogP contribution in [0.4, 0.5) is 9.59 Å². The van der Waals surface area contributed by atoms with Gasteiger partial charge in [-0.3, -0.25) is 0 Å². The molecule has 0 N–H and O–H groups in total. The first kappa shape index (κ1) is 7.87. The Balaban J connectivity index is 3.47. The lowest BCUT2D eigenvalue weighted by atomic mass is 10.6. The van der Waals surface area contributed by atoms with Gasteiger partial charge in [0.05, 0.1) is 0 Å². The average molecular weight is 126 g/mol. The van der Waals surface area contributed by atoms with Crippen molar-refractivity contribution in [2.24, 2.45) is 0 Å². The first-order valence-corrected chi connectivity index (χ1v) is 1.70. The maximum Gasteiger partial charge on any atom is 0.499 e. The van der Waals surface area contributed by atoms with Gasteiger partial charge in [-0.15, -0.1) is 0 Å². The molecule has 44 valence electrons. The standard InChI is InChI=1S/C2B2O5/c3-8-1(5)7-2(6)9-4. The van der Waals surface area contributed by atoms with Crippen molar-refractivity contribution in [3.63, 3.8) is 0 Å². The van der Waals surface area contributed by atoms with E-state index in [-0.39, 0.29) is 0 Å². The summed E-state index contributed by atoms with van der Waals surface area (Å²) in [4.78, 5) is 19.7. The molecule has 0 saturated heterocycles. The van der Waals surface area contributed by atoms with E-state index in [4.69, 9.17) is 0 Å². The zero-order valence-corrected chi connectivity index (χ0v) is 4.20. The second-order valence-electron chi connectivity index (χ2n) is 0.838. The molecule has 0 aliphatic heterocycles. The van der Waals surface area contributed by atoms with Gasteiger partial charge >= 0.3 is 28.4 Å². The highest BCUT2D eigenvalue weighted by molar-refractivity contribution is 6.07. The van der Waals surface area contributed by atoms with Crippen molar-refractivity contribution in [2.45, 2.75) is 0 Å². The predicted octanol–water partition coefficient (Wildman–Crippen LogP) is -0.557. The monoisotopic (exact) mass is 126 g/mol. The zero-order valence-electron chi connectivity index (χ0n) is 4.20. The zero-order chi connectivity index (χ0) is 7.28. The predicted molar refractivity (Wildman–Crippen MR) is 25.6 cm³/mol. The van der Waals surface area contributed by atoms with Crippen LogP contribution in [0.1, 0.15) is 0 Å². The van der Waals surface area contributed by atoms with Crippen molar-refractivity contribution in [3.8, 4) is 0 Å². The summed E-state index contributed by atoms with van der Waals surface area (Å²) < 4.78 is 10.4. The van der Waals surface area contributed by atoms with Crippen LogP contribution in [0.3, 0.4) is 0 Å². The Bertz CT molecular complexity index is 108. The Hall–Kier alpha value is -1.13. The van der Waals surface area contributed by atoms with Gasteiger partial charge in [-0.2, -0.15) is 0 Å². The van der Waals surface area contributed by atoms with Crippen LogP contribution in [0, 0.1) is 0 Å². The summed E-state index contributed by atoms with van der Waals surface area (Å²) >= 11 is 0. The SMILES string of the molecule is [B]OC(=O)OC(=O)O[B]. The molecule has 0 saturated carbocycles. The highest BCUT2D eigenvalue weighted by Gasteiger charge is 2.07. The first-order valence-electron chi connectivity index (χ1n) is 1.70. The van der Waals surface area contributed by atoms with Crippen molar-refractivity contribution >= 4 is 28.4 Å². The molecule has 0 fully saturated rings. The van der Waals surface area contributed by atoms with Crippen molar-refractivity contribution in [2.75, 3.05) is 0 Å². The molecule has 0 unspecified atom stereocenters. The summed E-state index contributed by atoms with van der Waals surface area (Å²) in [5.74, 6) is 0. The highest BCUT2D eigenvalue weighted by atomic mass is 16.8. The Kier molecular flexibility index (Phi) is 3.34. The third-order valence-corrected chi connectivity index (χ3v) is 0.359. The van der Waals surface area contributed by atoms with Gasteiger partial charge in [-0.05, 0) is 0 Å². The largest absolute Gasteiger partial charge is 0.513 e. The average Bonchev–Trinajstić information content (AvgIpc) is 1.87. The van der Waals surface area contributed by atoms with Crippen LogP contribution in [-0.2, 0) is 14.0 Å². The van der Waals surface area contributed by atoms with Crippen molar-refractivity contribution in [1.29, 1.82) is 0 Å². The van der Waals surface area contributed by atoms with Crippen LogP contribution in [-0.4, -0.2) is 28.4 Å². The number of ether oxygens (including phenoxy) is 1. The fourth-order valence-corrected chi connectivity index (χ4v) is 0.116. The van der Waals surface area contributed by atoms with E-state index in [2.05, 4.69) is 30.1 Å². The molecule has 0 aromatic heterocycles. The molecule has 0 aromatic rings.